The molecule has 16 heavy (non-hydrogen) atoms. The van der Waals surface area contributed by atoms with Crippen molar-refractivity contribution in [2.45, 2.75) is 19.8 Å². The van der Waals surface area contributed by atoms with Crippen LogP contribution in [0, 0.1) is 29.3 Å². The van der Waals surface area contributed by atoms with E-state index in [0.717, 1.165) is 12.8 Å². The minimum atomic E-state index is -1.12. The number of carbonyl (C=O) groups excluding carboxylic acids is 1. The topological polar surface area (TPSA) is 17.1 Å². The summed E-state index contributed by atoms with van der Waals surface area (Å²) in [6, 6.07) is 1.08. The highest BCUT2D eigenvalue weighted by Crippen LogP contribution is 2.38. The van der Waals surface area contributed by atoms with Crippen LogP contribution in [0.3, 0.4) is 0 Å². The molecule has 1 saturated carbocycles. The lowest BCUT2D eigenvalue weighted by molar-refractivity contribution is 0.0907. The summed E-state index contributed by atoms with van der Waals surface area (Å²) in [7, 11) is 0. The number of ketones is 1. The van der Waals surface area contributed by atoms with Crippen LogP contribution >= 0.6 is 0 Å². The molecule has 0 heterocycles. The van der Waals surface area contributed by atoms with Crippen LogP contribution < -0.4 is 0 Å². The molecule has 0 aromatic heterocycles. The molecule has 0 aliphatic heterocycles. The highest BCUT2D eigenvalue weighted by Gasteiger charge is 2.35. The second-order valence-corrected chi connectivity index (χ2v) is 4.23. The molecule has 0 N–H and O–H groups in total. The molecule has 0 radical (unpaired) electrons. The van der Waals surface area contributed by atoms with Crippen molar-refractivity contribution in [3.05, 3.63) is 35.1 Å². The van der Waals surface area contributed by atoms with Gasteiger partial charge in [0.05, 0.1) is 5.56 Å². The number of hydrogen-bond acceptors (Lipinski definition) is 1. The summed E-state index contributed by atoms with van der Waals surface area (Å²) >= 11 is 0. The standard InChI is InChI=1S/C12H11F3O/c1-6(7-2-3-7)12(16)11-9(14)4-8(13)5-10(11)15/h4-7H,2-3H2,1H3. The molecule has 0 bridgehead atoms. The van der Waals surface area contributed by atoms with Gasteiger partial charge in [0, 0.05) is 18.1 Å². The third-order valence-electron chi connectivity index (χ3n) is 3.00. The molecule has 2 rings (SSSR count). The van der Waals surface area contributed by atoms with Gasteiger partial charge in [-0.3, -0.25) is 4.79 Å². The van der Waals surface area contributed by atoms with Crippen LogP contribution in [0.1, 0.15) is 30.1 Å². The SMILES string of the molecule is CC(C(=O)c1c(F)cc(F)cc1F)C1CC1. The van der Waals surface area contributed by atoms with E-state index in [9.17, 15) is 18.0 Å². The molecule has 1 aliphatic rings. The van der Waals surface area contributed by atoms with Gasteiger partial charge in [0.1, 0.15) is 17.5 Å². The third-order valence-corrected chi connectivity index (χ3v) is 3.00. The van der Waals surface area contributed by atoms with Crippen molar-refractivity contribution in [2.24, 2.45) is 11.8 Å². The lowest BCUT2D eigenvalue weighted by atomic mass is 9.94. The van der Waals surface area contributed by atoms with E-state index < -0.39 is 34.7 Å². The van der Waals surface area contributed by atoms with Crippen LogP contribution in [0.25, 0.3) is 0 Å². The lowest BCUT2D eigenvalue weighted by Crippen LogP contribution is -2.17. The molecule has 0 saturated heterocycles. The highest BCUT2D eigenvalue weighted by atomic mass is 19.1. The molecule has 1 nitrogen and oxygen atoms in total. The van der Waals surface area contributed by atoms with Crippen LogP contribution in [-0.2, 0) is 0 Å². The van der Waals surface area contributed by atoms with Gasteiger partial charge in [0.25, 0.3) is 0 Å². The first-order valence-electron chi connectivity index (χ1n) is 5.19. The minimum Gasteiger partial charge on any atom is -0.294 e. The van der Waals surface area contributed by atoms with Crippen molar-refractivity contribution in [3.8, 4) is 0 Å². The van der Waals surface area contributed by atoms with E-state index in [1.165, 1.54) is 0 Å². The van der Waals surface area contributed by atoms with Crippen LogP contribution in [-0.4, -0.2) is 5.78 Å². The van der Waals surface area contributed by atoms with Crippen molar-refractivity contribution >= 4 is 5.78 Å². The Kier molecular flexibility index (Phi) is 2.74. The molecular weight excluding hydrogens is 217 g/mol. The second kappa shape index (κ2) is 3.92. The molecule has 86 valence electrons. The summed E-state index contributed by atoms with van der Waals surface area (Å²) in [6.45, 7) is 1.65. The molecule has 0 amide bonds. The van der Waals surface area contributed by atoms with Gasteiger partial charge in [-0.25, -0.2) is 13.2 Å². The molecule has 1 aromatic rings. The largest absolute Gasteiger partial charge is 0.294 e. The number of carbonyl (C=O) groups is 1. The Morgan fingerprint density at radius 1 is 1.25 bits per heavy atom. The summed E-state index contributed by atoms with van der Waals surface area (Å²) in [6.07, 6.45) is 1.83. The Balaban J connectivity index is 2.35. The van der Waals surface area contributed by atoms with Crippen LogP contribution in [0.2, 0.25) is 0 Å². The molecule has 1 atom stereocenters. The predicted molar refractivity (Wildman–Crippen MR) is 52.5 cm³/mol. The predicted octanol–water partition coefficient (Wildman–Crippen LogP) is 3.33. The fourth-order valence-corrected chi connectivity index (χ4v) is 1.82. The Labute approximate surface area is 91.3 Å². The smallest absolute Gasteiger partial charge is 0.171 e. The van der Waals surface area contributed by atoms with Crippen molar-refractivity contribution < 1.29 is 18.0 Å². The van der Waals surface area contributed by atoms with Gasteiger partial charge < -0.3 is 0 Å². The number of Topliss-reactive ketones (excluding diaryl/α,β-unsaturated/α-hetero) is 1. The van der Waals surface area contributed by atoms with Gasteiger partial charge in [0.15, 0.2) is 5.78 Å². The summed E-state index contributed by atoms with van der Waals surface area (Å²) in [5.41, 5.74) is -0.610. The van der Waals surface area contributed by atoms with Gasteiger partial charge in [-0.1, -0.05) is 6.92 Å². The Bertz CT molecular complexity index is 415. The number of benzene rings is 1. The van der Waals surface area contributed by atoms with Crippen LogP contribution in [0.4, 0.5) is 13.2 Å². The van der Waals surface area contributed by atoms with Crippen LogP contribution in [0.15, 0.2) is 12.1 Å². The lowest BCUT2D eigenvalue weighted by Gasteiger charge is -2.10. The van der Waals surface area contributed by atoms with E-state index in [1.54, 1.807) is 6.92 Å². The zero-order valence-electron chi connectivity index (χ0n) is 8.77. The van der Waals surface area contributed by atoms with E-state index in [1.807, 2.05) is 0 Å². The number of rotatable bonds is 3. The second-order valence-electron chi connectivity index (χ2n) is 4.23. The van der Waals surface area contributed by atoms with Gasteiger partial charge >= 0.3 is 0 Å². The average molecular weight is 228 g/mol. The summed E-state index contributed by atoms with van der Waals surface area (Å²) in [5, 5.41) is 0. The summed E-state index contributed by atoms with van der Waals surface area (Å²) in [4.78, 5) is 11.8. The van der Waals surface area contributed by atoms with E-state index in [2.05, 4.69) is 0 Å². The van der Waals surface area contributed by atoms with Gasteiger partial charge in [0.2, 0.25) is 0 Å². The molecule has 1 aliphatic carbocycles. The van der Waals surface area contributed by atoms with Crippen molar-refractivity contribution in [3.63, 3.8) is 0 Å². The number of halogens is 3. The number of hydrogen-bond donors (Lipinski definition) is 0. The maximum atomic E-state index is 13.3. The van der Waals surface area contributed by atoms with Crippen molar-refractivity contribution in [1.29, 1.82) is 0 Å². The first-order valence-corrected chi connectivity index (χ1v) is 5.19. The zero-order valence-corrected chi connectivity index (χ0v) is 8.77. The molecule has 4 heteroatoms. The maximum Gasteiger partial charge on any atom is 0.171 e. The molecular formula is C12H11F3O. The zero-order chi connectivity index (χ0) is 11.9. The minimum absolute atomic E-state index is 0.219. The quantitative estimate of drug-likeness (QED) is 0.725. The molecule has 1 unspecified atom stereocenters. The molecule has 1 fully saturated rings. The first-order chi connectivity index (χ1) is 7.50. The first kappa shape index (κ1) is 11.2. The Morgan fingerprint density at radius 3 is 2.19 bits per heavy atom. The van der Waals surface area contributed by atoms with Crippen LogP contribution in [0.5, 0.6) is 0 Å². The molecule has 1 aromatic carbocycles. The average Bonchev–Trinajstić information content (AvgIpc) is 2.97. The normalized spacial score (nSPS) is 17.2. The highest BCUT2D eigenvalue weighted by molar-refractivity contribution is 5.98. The Morgan fingerprint density at radius 2 is 1.75 bits per heavy atom. The van der Waals surface area contributed by atoms with Gasteiger partial charge in [-0.15, -0.1) is 0 Å². The van der Waals surface area contributed by atoms with Crippen molar-refractivity contribution in [2.75, 3.05) is 0 Å². The summed E-state index contributed by atoms with van der Waals surface area (Å²) in [5.74, 6) is -3.99. The van der Waals surface area contributed by atoms with Crippen molar-refractivity contribution in [1.82, 2.24) is 0 Å². The van der Waals surface area contributed by atoms with E-state index in [4.69, 9.17) is 0 Å². The molecule has 0 spiro atoms. The van der Waals surface area contributed by atoms with Gasteiger partial charge in [-0.2, -0.15) is 0 Å². The van der Waals surface area contributed by atoms with E-state index in [0.29, 0.717) is 12.1 Å². The Hall–Kier alpha value is -1.32. The third kappa shape index (κ3) is 1.96. The fourth-order valence-electron chi connectivity index (χ4n) is 1.82. The maximum absolute atomic E-state index is 13.3. The fraction of sp³-hybridized carbons (Fsp3) is 0.417. The van der Waals surface area contributed by atoms with E-state index >= 15 is 0 Å². The monoisotopic (exact) mass is 228 g/mol. The van der Waals surface area contributed by atoms with Gasteiger partial charge in [-0.05, 0) is 18.8 Å². The summed E-state index contributed by atoms with van der Waals surface area (Å²) < 4.78 is 39.3. The van der Waals surface area contributed by atoms with E-state index in [-0.39, 0.29) is 5.92 Å².